The number of allylic oxidation sites excluding steroid dienone is 1. The van der Waals surface area contributed by atoms with E-state index in [0.717, 1.165) is 57.8 Å². The average Bonchev–Trinajstić information content (AvgIpc) is 3.29. The molecule has 1 amide bonds. The fourth-order valence-electron chi connectivity index (χ4n) is 9.11. The van der Waals surface area contributed by atoms with Gasteiger partial charge in [0.05, 0.1) is 25.4 Å². The molecule has 64 heavy (non-hydrogen) atoms. The van der Waals surface area contributed by atoms with Gasteiger partial charge in [-0.2, -0.15) is 0 Å². The molecule has 0 aromatic carbocycles. The van der Waals surface area contributed by atoms with E-state index in [-0.39, 0.29) is 18.5 Å². The largest absolute Gasteiger partial charge is 0.466 e. The number of aliphatic hydroxyl groups is 2. The van der Waals surface area contributed by atoms with Crippen LogP contribution in [0.15, 0.2) is 12.2 Å². The minimum atomic E-state index is -0.854. The maximum absolute atomic E-state index is 12.5. The molecular formula is C58H113NO5. The maximum Gasteiger partial charge on any atom is 0.305 e. The molecule has 6 heteroatoms. The first-order valence-corrected chi connectivity index (χ1v) is 29.0. The Labute approximate surface area is 399 Å². The van der Waals surface area contributed by atoms with E-state index in [0.29, 0.717) is 19.4 Å². The summed E-state index contributed by atoms with van der Waals surface area (Å²) in [7, 11) is 0. The fourth-order valence-corrected chi connectivity index (χ4v) is 9.11. The number of carbonyl (C=O) groups is 2. The Bertz CT molecular complexity index is 955. The molecule has 0 heterocycles. The summed E-state index contributed by atoms with van der Waals surface area (Å²) in [6.07, 6.45) is 63.7. The van der Waals surface area contributed by atoms with Crippen molar-refractivity contribution in [2.45, 2.75) is 334 Å². The van der Waals surface area contributed by atoms with Crippen molar-refractivity contribution in [3.05, 3.63) is 12.2 Å². The van der Waals surface area contributed by atoms with Gasteiger partial charge in [-0.3, -0.25) is 9.59 Å². The van der Waals surface area contributed by atoms with Crippen LogP contribution < -0.4 is 5.32 Å². The van der Waals surface area contributed by atoms with Crippen molar-refractivity contribution >= 4 is 11.9 Å². The summed E-state index contributed by atoms with van der Waals surface area (Å²) in [4.78, 5) is 24.5. The van der Waals surface area contributed by atoms with E-state index < -0.39 is 12.1 Å². The van der Waals surface area contributed by atoms with Gasteiger partial charge in [0.1, 0.15) is 0 Å². The lowest BCUT2D eigenvalue weighted by atomic mass is 10.0. The first-order chi connectivity index (χ1) is 31.5. The Balaban J connectivity index is 3.47. The van der Waals surface area contributed by atoms with Crippen LogP contribution in [-0.4, -0.2) is 47.4 Å². The quantitative estimate of drug-likeness (QED) is 0.0321. The summed E-state index contributed by atoms with van der Waals surface area (Å²) in [5.74, 6) is -0.0871. The van der Waals surface area contributed by atoms with Crippen molar-refractivity contribution in [1.82, 2.24) is 5.32 Å². The summed E-state index contributed by atoms with van der Waals surface area (Å²) in [5.41, 5.74) is 0. The van der Waals surface area contributed by atoms with Gasteiger partial charge >= 0.3 is 5.97 Å². The number of amides is 1. The van der Waals surface area contributed by atoms with Gasteiger partial charge in [0.15, 0.2) is 0 Å². The Morgan fingerprint density at radius 2 is 0.719 bits per heavy atom. The topological polar surface area (TPSA) is 95.9 Å². The zero-order chi connectivity index (χ0) is 46.5. The van der Waals surface area contributed by atoms with Crippen molar-refractivity contribution in [1.29, 1.82) is 0 Å². The second kappa shape index (κ2) is 54.2. The normalized spacial score (nSPS) is 12.6. The lowest BCUT2D eigenvalue weighted by Gasteiger charge is -2.20. The van der Waals surface area contributed by atoms with Gasteiger partial charge in [0, 0.05) is 12.8 Å². The van der Waals surface area contributed by atoms with Gasteiger partial charge < -0.3 is 20.3 Å². The number of rotatable bonds is 54. The van der Waals surface area contributed by atoms with Crippen LogP contribution in [0.4, 0.5) is 0 Å². The molecule has 0 aromatic rings. The van der Waals surface area contributed by atoms with Gasteiger partial charge in [-0.1, -0.05) is 289 Å². The molecule has 0 saturated carbocycles. The lowest BCUT2D eigenvalue weighted by Crippen LogP contribution is -2.45. The number of carbonyl (C=O) groups excluding carboxylic acids is 2. The molecule has 2 unspecified atom stereocenters. The van der Waals surface area contributed by atoms with Crippen molar-refractivity contribution in [3.8, 4) is 0 Å². The first-order valence-electron chi connectivity index (χ1n) is 29.0. The van der Waals surface area contributed by atoms with E-state index >= 15 is 0 Å². The molecule has 0 aromatic heterocycles. The van der Waals surface area contributed by atoms with Crippen LogP contribution >= 0.6 is 0 Å². The molecule has 0 radical (unpaired) electrons. The van der Waals surface area contributed by atoms with Crippen molar-refractivity contribution < 1.29 is 24.5 Å². The number of esters is 1. The van der Waals surface area contributed by atoms with E-state index in [4.69, 9.17) is 4.74 Å². The van der Waals surface area contributed by atoms with Crippen LogP contribution in [-0.2, 0) is 14.3 Å². The summed E-state index contributed by atoms with van der Waals surface area (Å²) < 4.78 is 5.47. The van der Waals surface area contributed by atoms with E-state index in [1.165, 1.54) is 238 Å². The van der Waals surface area contributed by atoms with Gasteiger partial charge in [0.2, 0.25) is 5.91 Å². The minimum absolute atomic E-state index is 0.00709. The van der Waals surface area contributed by atoms with Crippen molar-refractivity contribution in [2.24, 2.45) is 0 Å². The van der Waals surface area contributed by atoms with Crippen LogP contribution in [0.2, 0.25) is 0 Å². The number of unbranched alkanes of at least 4 members (excludes halogenated alkanes) is 43. The number of hydrogen-bond acceptors (Lipinski definition) is 5. The molecule has 0 saturated heterocycles. The molecule has 0 aliphatic carbocycles. The molecule has 2 atom stereocenters. The third-order valence-electron chi connectivity index (χ3n) is 13.6. The maximum atomic E-state index is 12.5. The van der Waals surface area contributed by atoms with Crippen LogP contribution in [0.25, 0.3) is 0 Å². The average molecular weight is 905 g/mol. The van der Waals surface area contributed by atoms with Crippen LogP contribution in [0.1, 0.15) is 322 Å². The monoisotopic (exact) mass is 904 g/mol. The molecule has 0 bridgehead atoms. The third kappa shape index (κ3) is 50.0. The SMILES string of the molecule is CCCCCCCCCCCCCCCCCCCC/C=C/C(O)C(CO)NC(=O)CCCCCCCCCCCCCCOC(=O)CCCCCCCCCCCCCCCCC. The van der Waals surface area contributed by atoms with Crippen LogP contribution in [0.3, 0.4) is 0 Å². The second-order valence-corrected chi connectivity index (χ2v) is 20.0. The Morgan fingerprint density at radius 3 is 1.06 bits per heavy atom. The van der Waals surface area contributed by atoms with Crippen molar-refractivity contribution in [2.75, 3.05) is 13.2 Å². The molecule has 0 aliphatic rings. The number of aliphatic hydroxyl groups excluding tert-OH is 2. The lowest BCUT2D eigenvalue weighted by molar-refractivity contribution is -0.143. The van der Waals surface area contributed by atoms with Gasteiger partial charge in [0.25, 0.3) is 0 Å². The van der Waals surface area contributed by atoms with Gasteiger partial charge in [-0.05, 0) is 32.1 Å². The second-order valence-electron chi connectivity index (χ2n) is 20.0. The Kier molecular flexibility index (Phi) is 53.0. The molecule has 0 fully saturated rings. The Morgan fingerprint density at radius 1 is 0.422 bits per heavy atom. The number of ether oxygens (including phenoxy) is 1. The highest BCUT2D eigenvalue weighted by molar-refractivity contribution is 5.76. The van der Waals surface area contributed by atoms with Gasteiger partial charge in [-0.15, -0.1) is 0 Å². The first kappa shape index (κ1) is 62.6. The minimum Gasteiger partial charge on any atom is -0.466 e. The highest BCUT2D eigenvalue weighted by Crippen LogP contribution is 2.17. The zero-order valence-electron chi connectivity index (χ0n) is 43.3. The third-order valence-corrected chi connectivity index (χ3v) is 13.6. The molecule has 6 nitrogen and oxygen atoms in total. The summed E-state index contributed by atoms with van der Waals surface area (Å²) in [5, 5.41) is 23.2. The summed E-state index contributed by atoms with van der Waals surface area (Å²) in [6, 6.07) is -0.639. The van der Waals surface area contributed by atoms with E-state index in [1.807, 2.05) is 6.08 Å². The number of nitrogens with one attached hydrogen (secondary N) is 1. The predicted octanol–water partition coefficient (Wildman–Crippen LogP) is 17.7. The van der Waals surface area contributed by atoms with E-state index in [2.05, 4.69) is 19.2 Å². The molecular weight excluding hydrogens is 791 g/mol. The Hall–Kier alpha value is -1.40. The molecule has 0 spiro atoms. The summed E-state index contributed by atoms with van der Waals surface area (Å²) >= 11 is 0. The van der Waals surface area contributed by atoms with E-state index in [9.17, 15) is 19.8 Å². The van der Waals surface area contributed by atoms with Gasteiger partial charge in [-0.25, -0.2) is 0 Å². The molecule has 0 rings (SSSR count). The van der Waals surface area contributed by atoms with E-state index in [1.54, 1.807) is 6.08 Å². The fraction of sp³-hybridized carbons (Fsp3) is 0.931. The highest BCUT2D eigenvalue weighted by atomic mass is 16.5. The molecule has 0 aliphatic heterocycles. The molecule has 380 valence electrons. The number of hydrogen-bond donors (Lipinski definition) is 3. The zero-order valence-corrected chi connectivity index (χ0v) is 43.3. The van der Waals surface area contributed by atoms with Crippen molar-refractivity contribution in [3.63, 3.8) is 0 Å². The highest BCUT2D eigenvalue weighted by Gasteiger charge is 2.18. The van der Waals surface area contributed by atoms with Crippen LogP contribution in [0, 0.1) is 0 Å². The standard InChI is InChI=1S/C58H113NO5/c1-3-5-7-9-11-13-15-17-19-20-21-22-23-25-26-30-34-38-42-46-50-56(61)55(54-60)59-57(62)51-47-43-39-35-31-28-29-33-37-41-45-49-53-64-58(63)52-48-44-40-36-32-27-24-18-16-14-12-10-8-6-4-2/h46,50,55-56,60-61H,3-45,47-49,51-54H2,1-2H3,(H,59,62)/b50-46+. The predicted molar refractivity (Wildman–Crippen MR) is 278 cm³/mol. The smallest absolute Gasteiger partial charge is 0.305 e. The summed E-state index contributed by atoms with van der Waals surface area (Å²) in [6.45, 7) is 4.90. The van der Waals surface area contributed by atoms with Crippen LogP contribution in [0.5, 0.6) is 0 Å². The molecule has 3 N–H and O–H groups in total.